The van der Waals surface area contributed by atoms with Crippen LogP contribution >= 0.6 is 0 Å². The van der Waals surface area contributed by atoms with Gasteiger partial charge in [0.2, 0.25) is 0 Å². The lowest BCUT2D eigenvalue weighted by Gasteiger charge is -2.26. The van der Waals surface area contributed by atoms with Gasteiger partial charge >= 0.3 is 0 Å². The molecule has 0 unspecified atom stereocenters. The van der Waals surface area contributed by atoms with Crippen LogP contribution in [-0.4, -0.2) is 32.3 Å². The molecule has 0 fully saturated rings. The Hall–Kier alpha value is -2.23. The highest BCUT2D eigenvalue weighted by molar-refractivity contribution is 5.69. The van der Waals surface area contributed by atoms with Crippen LogP contribution in [0.5, 0.6) is 11.5 Å². The van der Waals surface area contributed by atoms with Gasteiger partial charge in [-0.1, -0.05) is 12.1 Å². The summed E-state index contributed by atoms with van der Waals surface area (Å²) in [5.74, 6) is 2.58. The van der Waals surface area contributed by atoms with Gasteiger partial charge in [-0.2, -0.15) is 0 Å². The predicted molar refractivity (Wildman–Crippen MR) is 75.0 cm³/mol. The standard InChI is InChI=1S/C15H16N2O2/c1-17-6-7-19-14-9-12(10-16-15(14)17)11-4-3-5-13(8-11)18-2/h3-5,8-10H,6-7H2,1-2H3. The van der Waals surface area contributed by atoms with Gasteiger partial charge in [-0.3, -0.25) is 0 Å². The van der Waals surface area contributed by atoms with Gasteiger partial charge in [-0.15, -0.1) is 0 Å². The van der Waals surface area contributed by atoms with E-state index in [9.17, 15) is 0 Å². The average Bonchev–Trinajstić information content (AvgIpc) is 2.47. The predicted octanol–water partition coefficient (Wildman–Crippen LogP) is 2.59. The lowest BCUT2D eigenvalue weighted by atomic mass is 10.1. The molecular weight excluding hydrogens is 240 g/mol. The fourth-order valence-electron chi connectivity index (χ4n) is 2.19. The summed E-state index contributed by atoms with van der Waals surface area (Å²) in [7, 11) is 3.70. The number of fused-ring (bicyclic) bond motifs is 1. The van der Waals surface area contributed by atoms with Gasteiger partial charge < -0.3 is 14.4 Å². The molecule has 0 saturated heterocycles. The van der Waals surface area contributed by atoms with Gasteiger partial charge in [0.05, 0.1) is 13.7 Å². The topological polar surface area (TPSA) is 34.6 Å². The zero-order valence-corrected chi connectivity index (χ0v) is 11.1. The summed E-state index contributed by atoms with van der Waals surface area (Å²) in [6.07, 6.45) is 1.87. The van der Waals surface area contributed by atoms with E-state index in [1.165, 1.54) is 0 Å². The SMILES string of the molecule is COc1cccc(-c2cnc3c(c2)OCCN3C)c1. The monoisotopic (exact) mass is 256 g/mol. The first kappa shape index (κ1) is 11.8. The zero-order chi connectivity index (χ0) is 13.2. The second kappa shape index (κ2) is 4.80. The summed E-state index contributed by atoms with van der Waals surface area (Å²) in [6.45, 7) is 1.57. The second-order valence-corrected chi connectivity index (χ2v) is 4.55. The summed E-state index contributed by atoms with van der Waals surface area (Å²) in [6, 6.07) is 9.97. The average molecular weight is 256 g/mol. The van der Waals surface area contributed by atoms with Gasteiger partial charge in [0.1, 0.15) is 12.4 Å². The Morgan fingerprint density at radius 3 is 3.00 bits per heavy atom. The van der Waals surface area contributed by atoms with E-state index in [1.54, 1.807) is 7.11 Å². The molecule has 1 aliphatic heterocycles. The van der Waals surface area contributed by atoms with Crippen LogP contribution in [-0.2, 0) is 0 Å². The number of methoxy groups -OCH3 is 1. The number of anilines is 1. The highest BCUT2D eigenvalue weighted by Gasteiger charge is 2.17. The third-order valence-electron chi connectivity index (χ3n) is 3.28. The maximum atomic E-state index is 5.68. The fraction of sp³-hybridized carbons (Fsp3) is 0.267. The highest BCUT2D eigenvalue weighted by Crippen LogP contribution is 2.33. The van der Waals surface area contributed by atoms with E-state index in [4.69, 9.17) is 9.47 Å². The Morgan fingerprint density at radius 1 is 1.26 bits per heavy atom. The van der Waals surface area contributed by atoms with E-state index in [1.807, 2.05) is 43.6 Å². The summed E-state index contributed by atoms with van der Waals surface area (Å²) >= 11 is 0. The molecule has 0 radical (unpaired) electrons. The summed E-state index contributed by atoms with van der Waals surface area (Å²) in [5, 5.41) is 0. The van der Waals surface area contributed by atoms with Crippen LogP contribution in [0.25, 0.3) is 11.1 Å². The maximum Gasteiger partial charge on any atom is 0.171 e. The van der Waals surface area contributed by atoms with Crippen molar-refractivity contribution in [3.63, 3.8) is 0 Å². The highest BCUT2D eigenvalue weighted by atomic mass is 16.5. The fourth-order valence-corrected chi connectivity index (χ4v) is 2.19. The number of ether oxygens (including phenoxy) is 2. The summed E-state index contributed by atoms with van der Waals surface area (Å²) in [4.78, 5) is 6.60. The molecule has 0 spiro atoms. The van der Waals surface area contributed by atoms with Crippen molar-refractivity contribution in [1.82, 2.24) is 4.98 Å². The Labute approximate surface area is 112 Å². The number of rotatable bonds is 2. The van der Waals surface area contributed by atoms with Crippen LogP contribution in [0.3, 0.4) is 0 Å². The van der Waals surface area contributed by atoms with E-state index in [0.717, 1.165) is 35.0 Å². The Bertz CT molecular complexity index is 598. The molecule has 2 aromatic rings. The molecule has 1 aliphatic rings. The van der Waals surface area contributed by atoms with Gasteiger partial charge in [0, 0.05) is 18.8 Å². The third-order valence-corrected chi connectivity index (χ3v) is 3.28. The number of nitrogens with zero attached hydrogens (tertiary/aromatic N) is 2. The van der Waals surface area contributed by atoms with E-state index in [0.29, 0.717) is 6.61 Å². The van der Waals surface area contributed by atoms with Crippen LogP contribution in [0.15, 0.2) is 36.5 Å². The molecule has 4 heteroatoms. The van der Waals surface area contributed by atoms with Crippen LogP contribution in [0.1, 0.15) is 0 Å². The van der Waals surface area contributed by atoms with E-state index < -0.39 is 0 Å². The van der Waals surface area contributed by atoms with Crippen molar-refractivity contribution in [3.05, 3.63) is 36.5 Å². The van der Waals surface area contributed by atoms with E-state index in [2.05, 4.69) is 9.88 Å². The normalized spacial score (nSPS) is 13.7. The summed E-state index contributed by atoms with van der Waals surface area (Å²) < 4.78 is 10.9. The van der Waals surface area contributed by atoms with Crippen LogP contribution < -0.4 is 14.4 Å². The summed E-state index contributed by atoms with van der Waals surface area (Å²) in [5.41, 5.74) is 2.11. The second-order valence-electron chi connectivity index (χ2n) is 4.55. The number of likely N-dealkylation sites (N-methyl/N-ethyl adjacent to an activating group) is 1. The lowest BCUT2D eigenvalue weighted by molar-refractivity contribution is 0.309. The number of benzene rings is 1. The molecular formula is C15H16N2O2. The quantitative estimate of drug-likeness (QED) is 0.827. The first-order chi connectivity index (χ1) is 9.28. The van der Waals surface area contributed by atoms with Crippen LogP contribution in [0, 0.1) is 0 Å². The number of hydrogen-bond acceptors (Lipinski definition) is 4. The van der Waals surface area contributed by atoms with Crippen molar-refractivity contribution in [2.75, 3.05) is 32.2 Å². The first-order valence-electron chi connectivity index (χ1n) is 6.26. The van der Waals surface area contributed by atoms with Crippen molar-refractivity contribution in [1.29, 1.82) is 0 Å². The number of hydrogen-bond donors (Lipinski definition) is 0. The smallest absolute Gasteiger partial charge is 0.171 e. The Morgan fingerprint density at radius 2 is 2.16 bits per heavy atom. The van der Waals surface area contributed by atoms with Crippen molar-refractivity contribution in [2.45, 2.75) is 0 Å². The first-order valence-corrected chi connectivity index (χ1v) is 6.26. The van der Waals surface area contributed by atoms with Crippen molar-refractivity contribution in [3.8, 4) is 22.6 Å². The largest absolute Gasteiger partial charge is 0.497 e. The maximum absolute atomic E-state index is 5.68. The number of aromatic nitrogens is 1. The molecule has 4 nitrogen and oxygen atoms in total. The molecule has 2 heterocycles. The van der Waals surface area contributed by atoms with Gasteiger partial charge in [-0.25, -0.2) is 4.98 Å². The van der Waals surface area contributed by atoms with E-state index in [-0.39, 0.29) is 0 Å². The minimum Gasteiger partial charge on any atom is -0.497 e. The molecule has 0 N–H and O–H groups in total. The number of pyridine rings is 1. The molecule has 3 rings (SSSR count). The molecule has 0 saturated carbocycles. The van der Waals surface area contributed by atoms with Crippen molar-refractivity contribution >= 4 is 5.82 Å². The Balaban J connectivity index is 2.01. The van der Waals surface area contributed by atoms with E-state index >= 15 is 0 Å². The molecule has 19 heavy (non-hydrogen) atoms. The molecule has 98 valence electrons. The molecule has 1 aromatic carbocycles. The zero-order valence-electron chi connectivity index (χ0n) is 11.1. The molecule has 1 aromatic heterocycles. The van der Waals surface area contributed by atoms with Crippen molar-refractivity contribution < 1.29 is 9.47 Å². The van der Waals surface area contributed by atoms with Crippen molar-refractivity contribution in [2.24, 2.45) is 0 Å². The van der Waals surface area contributed by atoms with Crippen LogP contribution in [0.4, 0.5) is 5.82 Å². The minimum absolute atomic E-state index is 0.701. The van der Waals surface area contributed by atoms with Crippen LogP contribution in [0.2, 0.25) is 0 Å². The van der Waals surface area contributed by atoms with Gasteiger partial charge in [0.15, 0.2) is 11.6 Å². The molecule has 0 amide bonds. The third kappa shape index (κ3) is 2.21. The Kier molecular flexibility index (Phi) is 2.99. The molecule has 0 atom stereocenters. The minimum atomic E-state index is 0.701. The molecule has 0 aliphatic carbocycles. The van der Waals surface area contributed by atoms with Gasteiger partial charge in [0.25, 0.3) is 0 Å². The van der Waals surface area contributed by atoms with Gasteiger partial charge in [-0.05, 0) is 23.8 Å². The lowest BCUT2D eigenvalue weighted by Crippen LogP contribution is -2.29. The molecule has 0 bridgehead atoms.